The molecule has 8 atom stereocenters. The van der Waals surface area contributed by atoms with Crippen molar-refractivity contribution in [3.63, 3.8) is 0 Å². The SMILES string of the molecule is CC(C)CCC[C@@H](C)[C@H]1CC[C@H]2[C@@H]3CC=C4C[C@@H](OC(=O)NCCCNC(=O)c5cc(C#CC6=CSC(=C7SC=CS7)S6)cc(C#CC6=CSC(=C7SC=CS7)S6)c5)CC[C@]4(C)[C@H]3CC[C@]12C. The maximum atomic E-state index is 13.6. The minimum absolute atomic E-state index is 0.0902. The van der Waals surface area contributed by atoms with Gasteiger partial charge in [-0.15, -0.1) is 0 Å². The number of hydrogen-bond acceptors (Lipinski definition) is 11. The molecule has 2 amide bonds. The smallest absolute Gasteiger partial charge is 0.407 e. The fraction of sp³-hybridized carbons (Fsp3) is 0.519. The Hall–Kier alpha value is -1.94. The molecule has 4 aliphatic heterocycles. The highest BCUT2D eigenvalue weighted by Crippen LogP contribution is 2.67. The van der Waals surface area contributed by atoms with Crippen LogP contribution in [0, 0.1) is 70.0 Å². The summed E-state index contributed by atoms with van der Waals surface area (Å²) in [6, 6.07) is 5.65. The largest absolute Gasteiger partial charge is 0.446 e. The molecule has 0 unspecified atom stereocenters. The number of allylic oxidation sites excluding steroid dienone is 3. The number of hydrogen-bond donors (Lipinski definition) is 2. The predicted molar refractivity (Wildman–Crippen MR) is 298 cm³/mol. The summed E-state index contributed by atoms with van der Waals surface area (Å²) in [6.07, 6.45) is 16.5. The van der Waals surface area contributed by atoms with Crippen LogP contribution in [-0.2, 0) is 4.74 Å². The van der Waals surface area contributed by atoms with Crippen molar-refractivity contribution in [1.29, 1.82) is 0 Å². The second-order valence-electron chi connectivity index (χ2n) is 20.0. The summed E-state index contributed by atoms with van der Waals surface area (Å²) in [5.41, 5.74) is 4.24. The van der Waals surface area contributed by atoms with E-state index in [-0.39, 0.29) is 23.5 Å². The molecule has 5 nitrogen and oxygen atoms in total. The van der Waals surface area contributed by atoms with Crippen molar-refractivity contribution >= 4 is 106 Å². The maximum Gasteiger partial charge on any atom is 0.407 e. The van der Waals surface area contributed by atoms with Crippen LogP contribution in [0.5, 0.6) is 0 Å². The van der Waals surface area contributed by atoms with Crippen LogP contribution in [0.2, 0.25) is 0 Å². The van der Waals surface area contributed by atoms with E-state index in [0.717, 1.165) is 75.7 Å². The minimum atomic E-state index is -0.360. The zero-order valence-electron chi connectivity index (χ0n) is 39.2. The van der Waals surface area contributed by atoms with E-state index in [2.05, 4.69) is 107 Å². The van der Waals surface area contributed by atoms with Crippen LogP contribution in [0.15, 0.2) is 89.1 Å². The van der Waals surface area contributed by atoms with Gasteiger partial charge in [0.05, 0.1) is 26.8 Å². The second-order valence-corrected chi connectivity index (χ2v) is 28.5. The normalized spacial score (nSPS) is 29.8. The van der Waals surface area contributed by atoms with Crippen molar-refractivity contribution in [3.05, 3.63) is 106 Å². The van der Waals surface area contributed by atoms with Gasteiger partial charge in [-0.1, -0.05) is 183 Å². The summed E-state index contributed by atoms with van der Waals surface area (Å²) in [5.74, 6) is 18.0. The molecular formula is C54H62N2O3S8. The lowest BCUT2D eigenvalue weighted by Crippen LogP contribution is -2.51. The maximum absolute atomic E-state index is 13.6. The Bertz CT molecular complexity index is 2350. The highest BCUT2D eigenvalue weighted by Gasteiger charge is 2.59. The third-order valence-electron chi connectivity index (χ3n) is 15.4. The standard InChI is InChI=1S/C54H62N2O3S8/c1-34(2)8-6-9-35(3)44-16-17-45-43-15-12-39-31-40(18-20-53(39,4)46(43)19-21-54(44,45)5)59-52(58)56-23-7-22-55-47(57)38-29-36(10-13-41-32-64-50(66-41)48-60-24-25-61-48)28-37(30-38)11-14-42-33-65-51(67-42)49-62-26-27-63-49/h12,24-30,32-35,40,43-46H,6-9,15-23,31H2,1-5H3,(H,55,57)(H,56,58)/t35-,40+,43+,44-,45+,46+,53+,54-/m1/s1. The van der Waals surface area contributed by atoms with Crippen LogP contribution in [-0.4, -0.2) is 31.2 Å². The monoisotopic (exact) mass is 1040 g/mol. The first-order chi connectivity index (χ1) is 32.4. The number of fused-ring (bicyclic) bond motifs is 5. The summed E-state index contributed by atoms with van der Waals surface area (Å²) in [6.45, 7) is 13.3. The molecule has 4 aliphatic carbocycles. The molecule has 8 aliphatic rings. The minimum Gasteiger partial charge on any atom is -0.446 e. The lowest BCUT2D eigenvalue weighted by molar-refractivity contribution is -0.0581. The van der Waals surface area contributed by atoms with Gasteiger partial charge in [0, 0.05) is 36.2 Å². The average molecular weight is 1040 g/mol. The number of amides is 2. The van der Waals surface area contributed by atoms with Crippen molar-refractivity contribution < 1.29 is 14.3 Å². The van der Waals surface area contributed by atoms with Gasteiger partial charge in [-0.25, -0.2) is 4.79 Å². The average Bonchev–Trinajstić information content (AvgIpc) is 4.18. The van der Waals surface area contributed by atoms with Crippen LogP contribution in [0.4, 0.5) is 4.79 Å². The Morgan fingerprint density at radius 2 is 1.36 bits per heavy atom. The van der Waals surface area contributed by atoms with Crippen LogP contribution < -0.4 is 10.6 Å². The Balaban J connectivity index is 0.756. The third kappa shape index (κ3) is 11.9. The van der Waals surface area contributed by atoms with Crippen LogP contribution in [0.3, 0.4) is 0 Å². The van der Waals surface area contributed by atoms with E-state index >= 15 is 0 Å². The summed E-state index contributed by atoms with van der Waals surface area (Å²) in [5, 5.41) is 18.7. The van der Waals surface area contributed by atoms with E-state index in [9.17, 15) is 9.59 Å². The molecule has 0 spiro atoms. The highest BCUT2D eigenvalue weighted by atomic mass is 32.2. The molecule has 0 aromatic heterocycles. The van der Waals surface area contributed by atoms with Gasteiger partial charge in [0.25, 0.3) is 5.91 Å². The van der Waals surface area contributed by atoms with E-state index in [1.165, 1.54) is 73.9 Å². The first kappa shape index (κ1) is 50.0. The summed E-state index contributed by atoms with van der Waals surface area (Å²) < 4.78 is 11.2. The van der Waals surface area contributed by atoms with E-state index < -0.39 is 0 Å². The first-order valence-corrected chi connectivity index (χ1v) is 31.0. The molecule has 67 heavy (non-hydrogen) atoms. The molecular weight excluding hydrogens is 981 g/mol. The van der Waals surface area contributed by atoms with E-state index in [1.807, 2.05) is 18.2 Å². The molecule has 13 heteroatoms. The molecule has 2 N–H and O–H groups in total. The van der Waals surface area contributed by atoms with Gasteiger partial charge < -0.3 is 15.4 Å². The molecule has 0 bridgehead atoms. The zero-order valence-corrected chi connectivity index (χ0v) is 45.7. The fourth-order valence-electron chi connectivity index (χ4n) is 12.1. The van der Waals surface area contributed by atoms with Gasteiger partial charge >= 0.3 is 6.09 Å². The number of rotatable bonds is 11. The third-order valence-corrected chi connectivity index (χ3v) is 25.3. The lowest BCUT2D eigenvalue weighted by Gasteiger charge is -2.58. The topological polar surface area (TPSA) is 67.4 Å². The van der Waals surface area contributed by atoms with Crippen LogP contribution >= 0.6 is 94.1 Å². The molecule has 3 saturated carbocycles. The van der Waals surface area contributed by atoms with Crippen molar-refractivity contribution in [2.24, 2.45) is 46.3 Å². The van der Waals surface area contributed by atoms with Gasteiger partial charge in [0.1, 0.15) is 6.10 Å². The van der Waals surface area contributed by atoms with Crippen molar-refractivity contribution in [3.8, 4) is 23.7 Å². The molecule has 1 aromatic rings. The number of carbonyl (C=O) groups is 2. The number of thioether (sulfide) groups is 8. The lowest BCUT2D eigenvalue weighted by atomic mass is 9.47. The zero-order chi connectivity index (χ0) is 46.5. The van der Waals surface area contributed by atoms with Crippen LogP contribution in [0.1, 0.15) is 133 Å². The van der Waals surface area contributed by atoms with Gasteiger partial charge in [0.15, 0.2) is 0 Å². The highest BCUT2D eigenvalue weighted by molar-refractivity contribution is 8.34. The molecule has 0 saturated heterocycles. The van der Waals surface area contributed by atoms with Crippen molar-refractivity contribution in [1.82, 2.24) is 10.6 Å². The Morgan fingerprint density at radius 1 is 0.716 bits per heavy atom. The Labute approximate surface area is 434 Å². The predicted octanol–water partition coefficient (Wildman–Crippen LogP) is 16.4. The van der Waals surface area contributed by atoms with Gasteiger partial charge in [-0.2, -0.15) is 0 Å². The second kappa shape index (κ2) is 22.6. The number of benzene rings is 1. The number of carbonyl (C=O) groups excluding carboxylic acids is 2. The van der Waals surface area contributed by atoms with Crippen molar-refractivity contribution in [2.75, 3.05) is 13.1 Å². The van der Waals surface area contributed by atoms with E-state index in [1.54, 1.807) is 94.1 Å². The Morgan fingerprint density at radius 3 is 2.00 bits per heavy atom. The molecule has 0 radical (unpaired) electrons. The van der Waals surface area contributed by atoms with Gasteiger partial charge in [-0.3, -0.25) is 4.79 Å². The molecule has 3 fully saturated rings. The summed E-state index contributed by atoms with van der Waals surface area (Å²) in [4.78, 5) is 28.7. The van der Waals surface area contributed by atoms with Crippen LogP contribution in [0.25, 0.3) is 0 Å². The summed E-state index contributed by atoms with van der Waals surface area (Å²) >= 11 is 13.8. The van der Waals surface area contributed by atoms with Gasteiger partial charge in [-0.05, 0) is 148 Å². The quantitative estimate of drug-likeness (QED) is 0.127. The molecule has 4 heterocycles. The number of alkyl carbamates (subject to hydrolysis) is 1. The summed E-state index contributed by atoms with van der Waals surface area (Å²) in [7, 11) is 0. The van der Waals surface area contributed by atoms with Crippen molar-refractivity contribution in [2.45, 2.75) is 118 Å². The molecule has 354 valence electrons. The van der Waals surface area contributed by atoms with E-state index in [0.29, 0.717) is 30.5 Å². The van der Waals surface area contributed by atoms with Gasteiger partial charge in [0.2, 0.25) is 0 Å². The first-order valence-electron chi connectivity index (χ1n) is 24.1. The number of ether oxygens (including phenoxy) is 1. The van der Waals surface area contributed by atoms with E-state index in [4.69, 9.17) is 4.74 Å². The number of nitrogens with one attached hydrogen (secondary N) is 2. The molecule has 1 aromatic carbocycles. The molecule has 9 rings (SSSR count). The Kier molecular flexibility index (Phi) is 16.9. The fourth-order valence-corrected chi connectivity index (χ4v) is 20.6.